The second-order valence-electron chi connectivity index (χ2n) is 7.95. The number of thiazole rings is 1. The van der Waals surface area contributed by atoms with Crippen molar-refractivity contribution in [2.45, 2.75) is 0 Å². The van der Waals surface area contributed by atoms with E-state index in [2.05, 4.69) is 4.98 Å². The number of anilines is 2. The van der Waals surface area contributed by atoms with Gasteiger partial charge in [-0.15, -0.1) is 11.3 Å². The van der Waals surface area contributed by atoms with Crippen LogP contribution in [0.25, 0.3) is 17.3 Å². The highest BCUT2D eigenvalue weighted by Gasteiger charge is 2.42. The molecule has 37 heavy (non-hydrogen) atoms. The first-order valence-electron chi connectivity index (χ1n) is 11.2. The highest BCUT2D eigenvalue weighted by atomic mass is 32.1. The molecule has 1 aromatic heterocycles. The maximum absolute atomic E-state index is 13.8. The van der Waals surface area contributed by atoms with Crippen LogP contribution in [-0.2, 0) is 9.59 Å². The molecule has 0 spiro atoms. The van der Waals surface area contributed by atoms with Gasteiger partial charge in [0.1, 0.15) is 5.57 Å². The summed E-state index contributed by atoms with van der Waals surface area (Å²) in [4.78, 5) is 34.8. The number of thiocarbonyl (C=S) groups is 1. The first kappa shape index (κ1) is 24.4. The van der Waals surface area contributed by atoms with Crippen molar-refractivity contribution in [3.05, 3.63) is 95.4 Å². The molecule has 0 radical (unpaired) electrons. The average molecular weight is 528 g/mol. The molecular weight excluding hydrogens is 506 g/mol. The molecule has 5 rings (SSSR count). The number of ether oxygens (including phenoxy) is 2. The molecule has 2 amide bonds. The van der Waals surface area contributed by atoms with Gasteiger partial charge >= 0.3 is 0 Å². The first-order valence-corrected chi connectivity index (χ1v) is 12.5. The molecule has 0 aliphatic carbocycles. The number of para-hydroxylation sites is 1. The summed E-state index contributed by atoms with van der Waals surface area (Å²) in [6.07, 6.45) is 1.53. The highest BCUT2D eigenvalue weighted by molar-refractivity contribution is 7.81. The SMILES string of the molecule is COc1ccc(/C=C2/C(=O)N(c3ccccc3)C(=S)N(c3nc(-c4ccccc4)cs3)C2=O)cc1OC. The molecule has 2 heterocycles. The summed E-state index contributed by atoms with van der Waals surface area (Å²) in [6, 6.07) is 23.8. The molecule has 1 aliphatic heterocycles. The third kappa shape index (κ3) is 4.62. The Hall–Kier alpha value is -4.34. The zero-order valence-corrected chi connectivity index (χ0v) is 21.6. The predicted octanol–water partition coefficient (Wildman–Crippen LogP) is 5.58. The fraction of sp³-hybridized carbons (Fsp3) is 0.0714. The van der Waals surface area contributed by atoms with Gasteiger partial charge in [0, 0.05) is 10.9 Å². The number of rotatable bonds is 6. The highest BCUT2D eigenvalue weighted by Crippen LogP contribution is 2.34. The van der Waals surface area contributed by atoms with Crippen molar-refractivity contribution < 1.29 is 19.1 Å². The van der Waals surface area contributed by atoms with Crippen molar-refractivity contribution in [1.29, 1.82) is 0 Å². The number of benzene rings is 3. The van der Waals surface area contributed by atoms with E-state index in [1.54, 1.807) is 49.6 Å². The zero-order valence-electron chi connectivity index (χ0n) is 20.0. The number of carbonyl (C=O) groups is 2. The molecule has 0 atom stereocenters. The molecule has 184 valence electrons. The second-order valence-corrected chi connectivity index (χ2v) is 9.15. The van der Waals surface area contributed by atoms with Crippen molar-refractivity contribution in [3.8, 4) is 22.8 Å². The lowest BCUT2D eigenvalue weighted by molar-refractivity contribution is -0.120. The number of carbonyl (C=O) groups excluding carboxylic acids is 2. The number of hydrogen-bond donors (Lipinski definition) is 0. The van der Waals surface area contributed by atoms with Gasteiger partial charge in [0.25, 0.3) is 11.8 Å². The molecule has 3 aromatic carbocycles. The number of aromatic nitrogens is 1. The maximum Gasteiger partial charge on any atom is 0.272 e. The number of methoxy groups -OCH3 is 2. The van der Waals surface area contributed by atoms with Gasteiger partial charge in [0.2, 0.25) is 0 Å². The number of nitrogens with zero attached hydrogens (tertiary/aromatic N) is 3. The maximum atomic E-state index is 13.8. The van der Waals surface area contributed by atoms with Gasteiger partial charge < -0.3 is 9.47 Å². The van der Waals surface area contributed by atoms with Crippen LogP contribution >= 0.6 is 23.6 Å². The summed E-state index contributed by atoms with van der Waals surface area (Å²) in [7, 11) is 3.06. The molecule has 0 N–H and O–H groups in total. The molecule has 1 saturated heterocycles. The lowest BCUT2D eigenvalue weighted by atomic mass is 10.1. The Kier molecular flexibility index (Phi) is 6.80. The summed E-state index contributed by atoms with van der Waals surface area (Å²) in [6.45, 7) is 0. The summed E-state index contributed by atoms with van der Waals surface area (Å²) >= 11 is 6.98. The van der Waals surface area contributed by atoms with Gasteiger partial charge in [-0.1, -0.05) is 54.6 Å². The molecule has 0 unspecified atom stereocenters. The Morgan fingerprint density at radius 3 is 2.16 bits per heavy atom. The summed E-state index contributed by atoms with van der Waals surface area (Å²) < 4.78 is 10.7. The summed E-state index contributed by atoms with van der Waals surface area (Å²) in [5.41, 5.74) is 2.72. The number of hydrogen-bond acceptors (Lipinski definition) is 7. The normalized spacial score (nSPS) is 14.9. The quantitative estimate of drug-likeness (QED) is 0.185. The van der Waals surface area contributed by atoms with E-state index in [4.69, 9.17) is 21.7 Å². The van der Waals surface area contributed by atoms with Gasteiger partial charge in [0.15, 0.2) is 21.7 Å². The van der Waals surface area contributed by atoms with Crippen LogP contribution in [0.2, 0.25) is 0 Å². The largest absolute Gasteiger partial charge is 0.493 e. The zero-order chi connectivity index (χ0) is 25.9. The lowest BCUT2D eigenvalue weighted by Crippen LogP contribution is -2.56. The second kappa shape index (κ2) is 10.3. The predicted molar refractivity (Wildman–Crippen MR) is 149 cm³/mol. The third-order valence-corrected chi connectivity index (χ3v) is 6.93. The first-order chi connectivity index (χ1) is 18.0. The summed E-state index contributed by atoms with van der Waals surface area (Å²) in [5.74, 6) is -0.0545. The molecule has 1 aliphatic rings. The monoisotopic (exact) mass is 527 g/mol. The van der Waals surface area contributed by atoms with Crippen LogP contribution in [0.5, 0.6) is 11.5 Å². The molecule has 4 aromatic rings. The van der Waals surface area contributed by atoms with Crippen molar-refractivity contribution in [1.82, 2.24) is 4.98 Å². The Morgan fingerprint density at radius 2 is 1.49 bits per heavy atom. The van der Waals surface area contributed by atoms with Crippen LogP contribution in [0.3, 0.4) is 0 Å². The van der Waals surface area contributed by atoms with Gasteiger partial charge in [0.05, 0.1) is 25.6 Å². The molecule has 0 bridgehead atoms. The van der Waals surface area contributed by atoms with E-state index < -0.39 is 11.8 Å². The minimum Gasteiger partial charge on any atom is -0.493 e. The van der Waals surface area contributed by atoms with Gasteiger partial charge in [-0.05, 0) is 48.1 Å². The molecule has 0 saturated carbocycles. The lowest BCUT2D eigenvalue weighted by Gasteiger charge is -2.35. The van der Waals surface area contributed by atoms with Crippen LogP contribution in [0.15, 0.2) is 89.8 Å². The van der Waals surface area contributed by atoms with Crippen LogP contribution in [0, 0.1) is 0 Å². The molecular formula is C28H21N3O4S2. The molecule has 9 heteroatoms. The van der Waals surface area contributed by atoms with Crippen molar-refractivity contribution in [3.63, 3.8) is 0 Å². The van der Waals surface area contributed by atoms with Gasteiger partial charge in [-0.25, -0.2) is 9.88 Å². The van der Waals surface area contributed by atoms with Crippen molar-refractivity contribution in [2.75, 3.05) is 24.0 Å². The molecule has 7 nitrogen and oxygen atoms in total. The van der Waals surface area contributed by atoms with Crippen LogP contribution in [-0.4, -0.2) is 36.1 Å². The average Bonchev–Trinajstić information content (AvgIpc) is 3.42. The minimum atomic E-state index is -0.550. The Balaban J connectivity index is 1.61. The fourth-order valence-electron chi connectivity index (χ4n) is 3.92. The van der Waals surface area contributed by atoms with E-state index in [1.807, 2.05) is 41.8 Å². The topological polar surface area (TPSA) is 72.0 Å². The fourth-order valence-corrected chi connectivity index (χ4v) is 5.17. The standard InChI is InChI=1S/C28H21N3O4S2/c1-34-23-14-13-18(16-24(23)35-2)15-21-25(32)30(20-11-7-4-8-12-20)28(36)31(26(21)33)27-29-22(17-37-27)19-9-5-3-6-10-19/h3-17H,1-2H3/b21-15-. The van der Waals surface area contributed by atoms with Gasteiger partial charge in [-0.2, -0.15) is 0 Å². The van der Waals surface area contributed by atoms with E-state index in [9.17, 15) is 9.59 Å². The number of amides is 2. The Bertz CT molecular complexity index is 1520. The third-order valence-electron chi connectivity index (χ3n) is 5.74. The van der Waals surface area contributed by atoms with E-state index >= 15 is 0 Å². The Morgan fingerprint density at radius 1 is 0.838 bits per heavy atom. The van der Waals surface area contributed by atoms with Gasteiger partial charge in [-0.3, -0.25) is 14.5 Å². The minimum absolute atomic E-state index is 0.0413. The van der Waals surface area contributed by atoms with E-state index in [0.717, 1.165) is 5.56 Å². The van der Waals surface area contributed by atoms with Crippen molar-refractivity contribution >= 4 is 57.4 Å². The van der Waals surface area contributed by atoms with E-state index in [0.29, 0.717) is 33.6 Å². The van der Waals surface area contributed by atoms with E-state index in [1.165, 1.54) is 34.3 Å². The van der Waals surface area contributed by atoms with Crippen molar-refractivity contribution in [2.24, 2.45) is 0 Å². The Labute approximate surface area is 223 Å². The smallest absolute Gasteiger partial charge is 0.272 e. The van der Waals surface area contributed by atoms with Crippen LogP contribution in [0.4, 0.5) is 10.8 Å². The van der Waals surface area contributed by atoms with E-state index in [-0.39, 0.29) is 10.7 Å². The molecule has 1 fully saturated rings. The van der Waals surface area contributed by atoms with Crippen LogP contribution < -0.4 is 19.3 Å². The summed E-state index contributed by atoms with van der Waals surface area (Å²) in [5, 5.41) is 2.28. The van der Waals surface area contributed by atoms with Crippen LogP contribution in [0.1, 0.15) is 5.56 Å².